The minimum absolute atomic E-state index is 0.0527. The molecule has 0 aliphatic rings. The number of aryl methyl sites for hydroxylation is 3. The summed E-state index contributed by atoms with van der Waals surface area (Å²) in [5.41, 5.74) is 0.703. The third-order valence-corrected chi connectivity index (χ3v) is 5.90. The standard InChI is InChI=1S/C24H18F3N5O3/c1-12-20-15(21(33)28-13-8-9-18-19(10-13)32(3)23(34)31(18)2)11-17(29-22(20)35-30-12)14-6-4-5-7-16(14)24(25,26)27/h4-11H,1-3H3,(H,28,33). The predicted molar refractivity (Wildman–Crippen MR) is 123 cm³/mol. The summed E-state index contributed by atoms with van der Waals surface area (Å²) in [7, 11) is 3.26. The number of rotatable bonds is 3. The Morgan fingerprint density at radius 3 is 2.49 bits per heavy atom. The molecule has 5 rings (SSSR count). The Hall–Kier alpha value is -4.41. The number of hydrogen-bond acceptors (Lipinski definition) is 5. The largest absolute Gasteiger partial charge is 0.417 e. The molecule has 0 aliphatic heterocycles. The lowest BCUT2D eigenvalue weighted by Gasteiger charge is -2.13. The van der Waals surface area contributed by atoms with Gasteiger partial charge in [-0.25, -0.2) is 9.78 Å². The molecule has 0 atom stereocenters. The van der Waals surface area contributed by atoms with Gasteiger partial charge in [-0.05, 0) is 37.3 Å². The van der Waals surface area contributed by atoms with Gasteiger partial charge in [-0.3, -0.25) is 13.9 Å². The minimum atomic E-state index is -4.62. The molecule has 1 N–H and O–H groups in total. The van der Waals surface area contributed by atoms with E-state index in [1.807, 2.05) is 0 Å². The number of carbonyl (C=O) groups is 1. The highest BCUT2D eigenvalue weighted by Crippen LogP contribution is 2.37. The van der Waals surface area contributed by atoms with E-state index in [1.165, 1.54) is 33.4 Å². The highest BCUT2D eigenvalue weighted by Gasteiger charge is 2.34. The van der Waals surface area contributed by atoms with Crippen LogP contribution in [0.15, 0.2) is 57.8 Å². The van der Waals surface area contributed by atoms with Crippen molar-refractivity contribution in [1.29, 1.82) is 0 Å². The van der Waals surface area contributed by atoms with Crippen molar-refractivity contribution in [1.82, 2.24) is 19.3 Å². The number of anilines is 1. The fourth-order valence-electron chi connectivity index (χ4n) is 4.15. The smallest absolute Gasteiger partial charge is 0.335 e. The van der Waals surface area contributed by atoms with Crippen LogP contribution in [0.1, 0.15) is 21.6 Å². The first-order valence-corrected chi connectivity index (χ1v) is 10.5. The van der Waals surface area contributed by atoms with Crippen LogP contribution in [0.25, 0.3) is 33.4 Å². The molecule has 0 radical (unpaired) electrons. The van der Waals surface area contributed by atoms with E-state index < -0.39 is 17.6 Å². The minimum Gasteiger partial charge on any atom is -0.335 e. The maximum Gasteiger partial charge on any atom is 0.417 e. The zero-order valence-electron chi connectivity index (χ0n) is 18.8. The van der Waals surface area contributed by atoms with Crippen molar-refractivity contribution in [3.63, 3.8) is 0 Å². The quantitative estimate of drug-likeness (QED) is 0.405. The third kappa shape index (κ3) is 3.65. The summed E-state index contributed by atoms with van der Waals surface area (Å²) in [4.78, 5) is 29.7. The Balaban J connectivity index is 1.62. The van der Waals surface area contributed by atoms with E-state index in [9.17, 15) is 22.8 Å². The molecule has 5 aromatic rings. The molecule has 2 aromatic carbocycles. The van der Waals surface area contributed by atoms with Gasteiger partial charge in [-0.1, -0.05) is 23.4 Å². The lowest BCUT2D eigenvalue weighted by atomic mass is 10.0. The van der Waals surface area contributed by atoms with Crippen LogP contribution >= 0.6 is 0 Å². The number of pyridine rings is 1. The van der Waals surface area contributed by atoms with Gasteiger partial charge in [-0.15, -0.1) is 0 Å². The number of nitrogens with zero attached hydrogens (tertiary/aromatic N) is 4. The van der Waals surface area contributed by atoms with Crippen LogP contribution in [0.5, 0.6) is 0 Å². The summed E-state index contributed by atoms with van der Waals surface area (Å²) < 4.78 is 49.0. The van der Waals surface area contributed by atoms with E-state index >= 15 is 0 Å². The Labute approximate surface area is 195 Å². The monoisotopic (exact) mass is 481 g/mol. The second kappa shape index (κ2) is 7.83. The first-order chi connectivity index (χ1) is 16.6. The average molecular weight is 481 g/mol. The molecule has 178 valence electrons. The highest BCUT2D eigenvalue weighted by atomic mass is 19.4. The lowest BCUT2D eigenvalue weighted by Crippen LogP contribution is -2.19. The number of carbonyl (C=O) groups excluding carboxylic acids is 1. The van der Waals surface area contributed by atoms with Gasteiger partial charge in [0.25, 0.3) is 11.6 Å². The van der Waals surface area contributed by atoms with Crippen LogP contribution in [-0.2, 0) is 20.3 Å². The maximum atomic E-state index is 13.6. The van der Waals surface area contributed by atoms with Crippen molar-refractivity contribution in [2.75, 3.05) is 5.32 Å². The van der Waals surface area contributed by atoms with Crippen LogP contribution in [0.2, 0.25) is 0 Å². The van der Waals surface area contributed by atoms with Crippen LogP contribution < -0.4 is 11.0 Å². The molecule has 0 unspecified atom stereocenters. The summed E-state index contributed by atoms with van der Waals surface area (Å²) in [6, 6.07) is 11.3. The zero-order chi connectivity index (χ0) is 25.1. The molecule has 0 saturated carbocycles. The van der Waals surface area contributed by atoms with Crippen molar-refractivity contribution < 1.29 is 22.5 Å². The van der Waals surface area contributed by atoms with Crippen molar-refractivity contribution in [3.05, 3.63) is 75.8 Å². The molecule has 8 nitrogen and oxygen atoms in total. The normalized spacial score (nSPS) is 11.9. The molecule has 11 heteroatoms. The van der Waals surface area contributed by atoms with Crippen molar-refractivity contribution >= 4 is 33.7 Å². The van der Waals surface area contributed by atoms with Crippen LogP contribution in [-0.4, -0.2) is 25.2 Å². The number of benzene rings is 2. The van der Waals surface area contributed by atoms with Gasteiger partial charge < -0.3 is 9.84 Å². The van der Waals surface area contributed by atoms with Gasteiger partial charge in [0, 0.05) is 25.3 Å². The molecule has 0 aliphatic carbocycles. The maximum absolute atomic E-state index is 13.6. The number of alkyl halides is 3. The first kappa shape index (κ1) is 22.4. The Morgan fingerprint density at radius 1 is 1.03 bits per heavy atom. The lowest BCUT2D eigenvalue weighted by molar-refractivity contribution is -0.137. The highest BCUT2D eigenvalue weighted by molar-refractivity contribution is 6.13. The van der Waals surface area contributed by atoms with Crippen molar-refractivity contribution in [2.45, 2.75) is 13.1 Å². The molecule has 0 bridgehead atoms. The number of imidazole rings is 1. The summed E-state index contributed by atoms with van der Waals surface area (Å²) in [6.07, 6.45) is -4.62. The van der Waals surface area contributed by atoms with E-state index in [-0.39, 0.29) is 28.2 Å². The van der Waals surface area contributed by atoms with E-state index in [0.717, 1.165) is 6.07 Å². The number of aromatic nitrogens is 4. The summed E-state index contributed by atoms with van der Waals surface area (Å²) >= 11 is 0. The van der Waals surface area contributed by atoms with Crippen LogP contribution in [0.4, 0.5) is 18.9 Å². The average Bonchev–Trinajstić information content (AvgIpc) is 3.31. The Bertz CT molecular complexity index is 1690. The van der Waals surface area contributed by atoms with E-state index in [0.29, 0.717) is 27.8 Å². The molecule has 1 amide bonds. The fourth-order valence-corrected chi connectivity index (χ4v) is 4.15. The van der Waals surface area contributed by atoms with E-state index in [4.69, 9.17) is 4.52 Å². The molecule has 0 spiro atoms. The Kier molecular flexibility index (Phi) is 5.01. The van der Waals surface area contributed by atoms with E-state index in [1.54, 1.807) is 39.2 Å². The number of fused-ring (bicyclic) bond motifs is 2. The molecule has 3 heterocycles. The van der Waals surface area contributed by atoms with Gasteiger partial charge in [0.2, 0.25) is 0 Å². The van der Waals surface area contributed by atoms with Crippen LogP contribution in [0, 0.1) is 6.92 Å². The fraction of sp³-hybridized carbons (Fsp3) is 0.167. The van der Waals surface area contributed by atoms with Gasteiger partial charge in [0.05, 0.1) is 38.9 Å². The summed E-state index contributed by atoms with van der Waals surface area (Å²) in [5, 5.41) is 6.89. The topological polar surface area (TPSA) is 94.9 Å². The molecule has 3 aromatic heterocycles. The van der Waals surface area contributed by atoms with Crippen LogP contribution in [0.3, 0.4) is 0 Å². The van der Waals surface area contributed by atoms with Gasteiger partial charge >= 0.3 is 11.9 Å². The summed E-state index contributed by atoms with van der Waals surface area (Å²) in [5.74, 6) is -0.588. The predicted octanol–water partition coefficient (Wildman–Crippen LogP) is 4.66. The number of amides is 1. The van der Waals surface area contributed by atoms with Gasteiger partial charge in [-0.2, -0.15) is 13.2 Å². The van der Waals surface area contributed by atoms with Gasteiger partial charge in [0.1, 0.15) is 0 Å². The second-order valence-corrected chi connectivity index (χ2v) is 8.10. The number of halogens is 3. The SMILES string of the molecule is Cc1noc2nc(-c3ccccc3C(F)(F)F)cc(C(=O)Nc3ccc4c(c3)n(C)c(=O)n4C)c12. The Morgan fingerprint density at radius 2 is 1.74 bits per heavy atom. The zero-order valence-corrected chi connectivity index (χ0v) is 18.8. The molecular weight excluding hydrogens is 463 g/mol. The second-order valence-electron chi connectivity index (χ2n) is 8.10. The first-order valence-electron chi connectivity index (χ1n) is 10.5. The summed E-state index contributed by atoms with van der Waals surface area (Å²) in [6.45, 7) is 1.61. The third-order valence-electron chi connectivity index (χ3n) is 5.90. The van der Waals surface area contributed by atoms with Crippen molar-refractivity contribution in [3.8, 4) is 11.3 Å². The molecule has 0 saturated heterocycles. The van der Waals surface area contributed by atoms with Crippen molar-refractivity contribution in [2.24, 2.45) is 14.1 Å². The molecule has 35 heavy (non-hydrogen) atoms. The van der Waals surface area contributed by atoms with Gasteiger partial charge in [0.15, 0.2) is 0 Å². The molecular formula is C24H18F3N5O3. The number of nitrogens with one attached hydrogen (secondary N) is 1. The molecule has 0 fully saturated rings. The number of hydrogen-bond donors (Lipinski definition) is 1. The van der Waals surface area contributed by atoms with E-state index in [2.05, 4.69) is 15.5 Å².